The van der Waals surface area contributed by atoms with Crippen LogP contribution in [0.15, 0.2) is 0 Å². The lowest BCUT2D eigenvalue weighted by atomic mass is 10.0. The summed E-state index contributed by atoms with van der Waals surface area (Å²) in [4.78, 5) is 12.9. The van der Waals surface area contributed by atoms with Crippen LogP contribution in [-0.4, -0.2) is 82.2 Å². The number of carbonyl (C=O) groups is 1. The molecule has 2 N–H and O–H groups in total. The van der Waals surface area contributed by atoms with E-state index in [9.17, 15) is 13.2 Å². The van der Waals surface area contributed by atoms with E-state index in [-0.39, 0.29) is 13.1 Å². The molecule has 21 heavy (non-hydrogen) atoms. The molecule has 1 aliphatic heterocycles. The minimum Gasteiger partial charge on any atom is -0.481 e. The molecular formula is C12H25N3O5S. The predicted octanol–water partition coefficient (Wildman–Crippen LogP) is -0.804. The summed E-state index contributed by atoms with van der Waals surface area (Å²) in [6.07, 6.45) is 1.09. The van der Waals surface area contributed by atoms with Gasteiger partial charge >= 0.3 is 5.97 Å². The molecule has 0 radical (unpaired) electrons. The first-order chi connectivity index (χ1) is 9.83. The fraction of sp³-hybridized carbons (Fsp3) is 0.917. The lowest BCUT2D eigenvalue weighted by molar-refractivity contribution is -0.142. The van der Waals surface area contributed by atoms with E-state index in [1.807, 2.05) is 19.0 Å². The summed E-state index contributed by atoms with van der Waals surface area (Å²) >= 11 is 0. The van der Waals surface area contributed by atoms with Crippen molar-refractivity contribution in [2.24, 2.45) is 5.92 Å². The zero-order valence-corrected chi connectivity index (χ0v) is 13.4. The van der Waals surface area contributed by atoms with Gasteiger partial charge in [-0.1, -0.05) is 0 Å². The van der Waals surface area contributed by atoms with Crippen molar-refractivity contribution in [1.29, 1.82) is 0 Å². The highest BCUT2D eigenvalue weighted by atomic mass is 32.2. The minimum atomic E-state index is -3.62. The van der Waals surface area contributed by atoms with Crippen LogP contribution in [0.5, 0.6) is 0 Å². The van der Waals surface area contributed by atoms with Crippen LogP contribution >= 0.6 is 0 Å². The van der Waals surface area contributed by atoms with E-state index in [2.05, 4.69) is 4.72 Å². The number of carboxylic acids is 1. The fourth-order valence-electron chi connectivity index (χ4n) is 2.05. The van der Waals surface area contributed by atoms with Crippen LogP contribution in [-0.2, 0) is 19.7 Å². The first kappa shape index (κ1) is 18.3. The lowest BCUT2D eigenvalue weighted by Crippen LogP contribution is -2.48. The summed E-state index contributed by atoms with van der Waals surface area (Å²) in [5.41, 5.74) is 0. The van der Waals surface area contributed by atoms with Crippen molar-refractivity contribution in [1.82, 2.24) is 13.9 Å². The molecule has 0 aromatic rings. The highest BCUT2D eigenvalue weighted by Gasteiger charge is 2.31. The number of ether oxygens (including phenoxy) is 1. The average molecular weight is 323 g/mol. The molecule has 124 valence electrons. The Morgan fingerprint density at radius 2 is 2.14 bits per heavy atom. The van der Waals surface area contributed by atoms with Crippen LogP contribution < -0.4 is 4.72 Å². The van der Waals surface area contributed by atoms with Crippen molar-refractivity contribution < 1.29 is 23.1 Å². The molecule has 1 unspecified atom stereocenters. The van der Waals surface area contributed by atoms with Crippen LogP contribution in [0.4, 0.5) is 0 Å². The number of hydrogen-bond donors (Lipinski definition) is 2. The van der Waals surface area contributed by atoms with Crippen molar-refractivity contribution in [3.63, 3.8) is 0 Å². The molecule has 0 saturated carbocycles. The zero-order valence-electron chi connectivity index (χ0n) is 12.6. The Morgan fingerprint density at radius 1 is 1.43 bits per heavy atom. The molecule has 0 amide bonds. The Bertz CT molecular complexity index is 427. The van der Waals surface area contributed by atoms with Gasteiger partial charge in [-0.3, -0.25) is 4.79 Å². The number of piperidine rings is 1. The Hall–Kier alpha value is -0.740. The molecule has 1 atom stereocenters. The van der Waals surface area contributed by atoms with Crippen molar-refractivity contribution in [3.8, 4) is 0 Å². The number of hydrogen-bond acceptors (Lipinski definition) is 5. The molecule has 1 aliphatic rings. The smallest absolute Gasteiger partial charge is 0.307 e. The second-order valence-electron chi connectivity index (χ2n) is 5.35. The van der Waals surface area contributed by atoms with Gasteiger partial charge in [-0.15, -0.1) is 0 Å². The molecule has 0 aromatic heterocycles. The molecule has 1 fully saturated rings. The summed E-state index contributed by atoms with van der Waals surface area (Å²) in [5.74, 6) is -1.56. The normalized spacial score (nSPS) is 20.8. The van der Waals surface area contributed by atoms with Gasteiger partial charge in [0.15, 0.2) is 0 Å². The maximum atomic E-state index is 12.1. The van der Waals surface area contributed by atoms with E-state index < -0.39 is 22.1 Å². The van der Waals surface area contributed by atoms with Crippen LogP contribution in [0.3, 0.4) is 0 Å². The number of carboxylic acid groups (broad SMARTS) is 1. The summed E-state index contributed by atoms with van der Waals surface area (Å²) in [6.45, 7) is 2.19. The van der Waals surface area contributed by atoms with E-state index in [0.29, 0.717) is 32.6 Å². The van der Waals surface area contributed by atoms with Gasteiger partial charge in [-0.25, -0.2) is 0 Å². The number of rotatable bonds is 9. The first-order valence-electron chi connectivity index (χ1n) is 7.03. The molecule has 1 saturated heterocycles. The first-order valence-corrected chi connectivity index (χ1v) is 8.47. The Labute approximate surface area is 126 Å². The quantitative estimate of drug-likeness (QED) is 0.539. The van der Waals surface area contributed by atoms with Crippen LogP contribution in [0, 0.1) is 5.92 Å². The van der Waals surface area contributed by atoms with Crippen LogP contribution in [0.2, 0.25) is 0 Å². The second kappa shape index (κ2) is 8.64. The third-order valence-corrected chi connectivity index (χ3v) is 4.87. The summed E-state index contributed by atoms with van der Waals surface area (Å²) in [6, 6.07) is 0. The van der Waals surface area contributed by atoms with Crippen LogP contribution in [0.25, 0.3) is 0 Å². The van der Waals surface area contributed by atoms with Gasteiger partial charge in [0, 0.05) is 26.2 Å². The molecule has 0 spiro atoms. The SMILES string of the molecule is CN(C)CCOCCNS(=O)(=O)N1CCCC(C(=O)O)C1. The van der Waals surface area contributed by atoms with Gasteiger partial charge in [0.25, 0.3) is 10.2 Å². The molecule has 0 aromatic carbocycles. The molecule has 0 bridgehead atoms. The largest absolute Gasteiger partial charge is 0.481 e. The summed E-state index contributed by atoms with van der Waals surface area (Å²) in [7, 11) is 0.240. The molecule has 1 rings (SSSR count). The monoisotopic (exact) mass is 323 g/mol. The van der Waals surface area contributed by atoms with Gasteiger partial charge < -0.3 is 14.7 Å². The van der Waals surface area contributed by atoms with Crippen molar-refractivity contribution in [3.05, 3.63) is 0 Å². The topological polar surface area (TPSA) is 99.2 Å². The van der Waals surface area contributed by atoms with Gasteiger partial charge in [0.2, 0.25) is 0 Å². The molecule has 1 heterocycles. The Kier molecular flexibility index (Phi) is 7.53. The maximum Gasteiger partial charge on any atom is 0.307 e. The average Bonchev–Trinajstić information content (AvgIpc) is 2.42. The number of likely N-dealkylation sites (N-methyl/N-ethyl adjacent to an activating group) is 1. The molecular weight excluding hydrogens is 298 g/mol. The summed E-state index contributed by atoms with van der Waals surface area (Å²) < 4.78 is 33.1. The third kappa shape index (κ3) is 6.70. The standard InChI is InChI=1S/C12H25N3O5S/c1-14(2)7-9-20-8-5-13-21(18,19)15-6-3-4-11(10-15)12(16)17/h11,13H,3-10H2,1-2H3,(H,16,17). The molecule has 9 heteroatoms. The van der Waals surface area contributed by atoms with Crippen molar-refractivity contribution in [2.75, 3.05) is 53.5 Å². The van der Waals surface area contributed by atoms with E-state index in [1.54, 1.807) is 0 Å². The Morgan fingerprint density at radius 3 is 2.76 bits per heavy atom. The van der Waals surface area contributed by atoms with E-state index in [4.69, 9.17) is 9.84 Å². The zero-order chi connectivity index (χ0) is 15.9. The number of nitrogens with one attached hydrogen (secondary N) is 1. The highest BCUT2D eigenvalue weighted by molar-refractivity contribution is 7.87. The maximum absolute atomic E-state index is 12.1. The van der Waals surface area contributed by atoms with Crippen molar-refractivity contribution in [2.45, 2.75) is 12.8 Å². The fourth-order valence-corrected chi connectivity index (χ4v) is 3.32. The summed E-state index contributed by atoms with van der Waals surface area (Å²) in [5, 5.41) is 8.97. The molecule has 8 nitrogen and oxygen atoms in total. The minimum absolute atomic E-state index is 0.0339. The van der Waals surface area contributed by atoms with E-state index >= 15 is 0 Å². The molecule has 0 aliphatic carbocycles. The number of aliphatic carboxylic acids is 1. The van der Waals surface area contributed by atoms with Crippen LogP contribution in [0.1, 0.15) is 12.8 Å². The van der Waals surface area contributed by atoms with Crippen molar-refractivity contribution >= 4 is 16.2 Å². The lowest BCUT2D eigenvalue weighted by Gasteiger charge is -2.29. The van der Waals surface area contributed by atoms with Gasteiger partial charge in [-0.05, 0) is 26.9 Å². The number of nitrogens with zero attached hydrogens (tertiary/aromatic N) is 2. The third-order valence-electron chi connectivity index (χ3n) is 3.29. The Balaban J connectivity index is 2.31. The second-order valence-corrected chi connectivity index (χ2v) is 7.11. The van der Waals surface area contributed by atoms with Gasteiger partial charge in [0.05, 0.1) is 19.1 Å². The highest BCUT2D eigenvalue weighted by Crippen LogP contribution is 2.18. The van der Waals surface area contributed by atoms with Gasteiger partial charge in [0.1, 0.15) is 0 Å². The predicted molar refractivity (Wildman–Crippen MR) is 78.2 cm³/mol. The van der Waals surface area contributed by atoms with E-state index in [1.165, 1.54) is 4.31 Å². The van der Waals surface area contributed by atoms with E-state index in [0.717, 1.165) is 6.54 Å². The van der Waals surface area contributed by atoms with Gasteiger partial charge in [-0.2, -0.15) is 17.4 Å².